The van der Waals surface area contributed by atoms with Gasteiger partial charge < -0.3 is 14.8 Å². The number of ether oxygens (including phenoxy) is 2. The van der Waals surface area contributed by atoms with Gasteiger partial charge in [0.1, 0.15) is 11.5 Å². The van der Waals surface area contributed by atoms with Crippen molar-refractivity contribution in [3.05, 3.63) is 70.4 Å². The molecule has 0 aliphatic carbocycles. The van der Waals surface area contributed by atoms with Gasteiger partial charge in [0, 0.05) is 31.1 Å². The molecule has 1 N–H and O–H groups in total. The molecule has 21 heteroatoms. The summed E-state index contributed by atoms with van der Waals surface area (Å²) in [5.74, 6) is -56.4. The Morgan fingerprint density at radius 1 is 0.660 bits per heavy atom. The molecule has 3 aromatic rings. The van der Waals surface area contributed by atoms with Crippen molar-refractivity contribution in [2.45, 2.75) is 79.9 Å². The lowest BCUT2D eigenvalue weighted by Gasteiger charge is -2.42. The normalized spacial score (nSPS) is 14.7. The molecule has 0 spiro atoms. The van der Waals surface area contributed by atoms with Gasteiger partial charge in [-0.15, -0.1) is 0 Å². The van der Waals surface area contributed by atoms with E-state index >= 15 is 0 Å². The summed E-state index contributed by atoms with van der Waals surface area (Å²) in [5.41, 5.74) is 3.72. The van der Waals surface area contributed by atoms with Gasteiger partial charge in [-0.1, -0.05) is 37.3 Å². The maximum Gasteiger partial charge on any atom is 0.460 e. The van der Waals surface area contributed by atoms with Gasteiger partial charge in [0.15, 0.2) is 0 Å². The Morgan fingerprint density at radius 2 is 1.21 bits per heavy atom. The quantitative estimate of drug-likeness (QED) is 0.103. The van der Waals surface area contributed by atoms with Crippen LogP contribution >= 0.6 is 11.3 Å². The molecule has 53 heavy (non-hydrogen) atoms. The van der Waals surface area contributed by atoms with Gasteiger partial charge in [-0.2, -0.15) is 86.0 Å². The van der Waals surface area contributed by atoms with Crippen molar-refractivity contribution in [2.75, 3.05) is 20.3 Å². The molecule has 0 aliphatic rings. The number of rotatable bonds is 18. The third kappa shape index (κ3) is 8.14. The fraction of sp³-hybridized carbons (Fsp3) is 0.500. The Hall–Kier alpha value is -3.49. The summed E-state index contributed by atoms with van der Waals surface area (Å²) >= 11 is 1.57. The first kappa shape index (κ1) is 43.9. The van der Waals surface area contributed by atoms with E-state index in [9.17, 15) is 74.6 Å². The summed E-state index contributed by atoms with van der Waals surface area (Å²) in [6.45, 7) is 1.66. The van der Waals surface area contributed by atoms with Gasteiger partial charge >= 0.3 is 47.6 Å². The molecular weight excluding hydrogens is 785 g/mol. The van der Waals surface area contributed by atoms with Crippen LogP contribution in [-0.4, -0.2) is 67.9 Å². The van der Waals surface area contributed by atoms with Crippen LogP contribution in [0.25, 0.3) is 11.1 Å². The number of nitrogens with one attached hydrogen (secondary N) is 1. The van der Waals surface area contributed by atoms with E-state index in [1.165, 1.54) is 25.3 Å². The van der Waals surface area contributed by atoms with E-state index in [4.69, 9.17) is 9.47 Å². The van der Waals surface area contributed by atoms with Crippen molar-refractivity contribution >= 4 is 11.3 Å². The largest absolute Gasteiger partial charge is 0.496 e. The van der Waals surface area contributed by atoms with Crippen LogP contribution in [0.4, 0.5) is 74.6 Å². The molecule has 0 amide bonds. The van der Waals surface area contributed by atoms with Crippen LogP contribution in [-0.2, 0) is 6.54 Å². The summed E-state index contributed by atoms with van der Waals surface area (Å²) in [6.07, 6.45) is -11.8. The molecule has 298 valence electrons. The minimum absolute atomic E-state index is 0.0633. The van der Waals surface area contributed by atoms with Crippen LogP contribution in [0.3, 0.4) is 0 Å². The summed E-state index contributed by atoms with van der Waals surface area (Å²) < 4.78 is 239. The van der Waals surface area contributed by atoms with Crippen LogP contribution < -0.4 is 14.8 Å². The topological polar surface area (TPSA) is 30.5 Å². The fourth-order valence-electron chi connectivity index (χ4n) is 4.77. The molecule has 1 atom stereocenters. The van der Waals surface area contributed by atoms with Gasteiger partial charge in [-0.05, 0) is 51.9 Å². The molecule has 3 rings (SSSR count). The molecule has 0 fully saturated rings. The predicted molar refractivity (Wildman–Crippen MR) is 158 cm³/mol. The molecule has 0 saturated heterocycles. The van der Waals surface area contributed by atoms with Crippen molar-refractivity contribution in [3.63, 3.8) is 0 Å². The van der Waals surface area contributed by atoms with Crippen LogP contribution in [0.15, 0.2) is 59.3 Å². The predicted octanol–water partition coefficient (Wildman–Crippen LogP) is 11.5. The number of benzene rings is 2. The third-order valence-corrected chi connectivity index (χ3v) is 8.73. The van der Waals surface area contributed by atoms with Gasteiger partial charge in [0.2, 0.25) is 0 Å². The molecule has 1 aromatic heterocycles. The summed E-state index contributed by atoms with van der Waals surface area (Å²) in [7, 11) is 1.24. The first-order valence-corrected chi connectivity index (χ1v) is 15.9. The highest BCUT2D eigenvalue weighted by atomic mass is 32.1. The minimum atomic E-state index is -8.65. The first-order chi connectivity index (χ1) is 24.1. The van der Waals surface area contributed by atoms with Crippen LogP contribution in [0.1, 0.15) is 36.8 Å². The zero-order chi connectivity index (χ0) is 40.5. The second-order valence-electron chi connectivity index (χ2n) is 11.7. The highest BCUT2D eigenvalue weighted by Gasteiger charge is 2.95. The van der Waals surface area contributed by atoms with Crippen molar-refractivity contribution in [1.29, 1.82) is 0 Å². The molecule has 1 unspecified atom stereocenters. The van der Waals surface area contributed by atoms with Gasteiger partial charge in [0.25, 0.3) is 0 Å². The van der Waals surface area contributed by atoms with Crippen molar-refractivity contribution in [2.24, 2.45) is 0 Å². The van der Waals surface area contributed by atoms with E-state index < -0.39 is 67.1 Å². The number of alkyl halides is 17. The third-order valence-electron chi connectivity index (χ3n) is 8.05. The maximum atomic E-state index is 14.2. The second kappa shape index (κ2) is 15.3. The smallest absolute Gasteiger partial charge is 0.460 e. The summed E-state index contributed by atoms with van der Waals surface area (Å²) in [6, 6.07) is 13.8. The number of hydrogen-bond donors (Lipinski definition) is 1. The van der Waals surface area contributed by atoms with Crippen molar-refractivity contribution in [1.82, 2.24) is 5.32 Å². The van der Waals surface area contributed by atoms with Gasteiger partial charge in [0.05, 0.1) is 13.7 Å². The van der Waals surface area contributed by atoms with E-state index in [-0.39, 0.29) is 24.0 Å². The minimum Gasteiger partial charge on any atom is -0.496 e. The fourth-order valence-corrected chi connectivity index (χ4v) is 5.44. The van der Waals surface area contributed by atoms with Crippen LogP contribution in [0, 0.1) is 0 Å². The number of halogens is 17. The Kier molecular flexibility index (Phi) is 12.7. The molecule has 1 heterocycles. The summed E-state index contributed by atoms with van der Waals surface area (Å²) in [5, 5.41) is 7.18. The first-order valence-electron chi connectivity index (χ1n) is 14.9. The summed E-state index contributed by atoms with van der Waals surface area (Å²) in [4.78, 5) is 0. The zero-order valence-corrected chi connectivity index (χ0v) is 27.9. The Labute approximate surface area is 294 Å². The molecule has 0 radical (unpaired) electrons. The zero-order valence-electron chi connectivity index (χ0n) is 27.0. The van der Waals surface area contributed by atoms with E-state index in [1.54, 1.807) is 11.3 Å². The van der Waals surface area contributed by atoms with Gasteiger partial charge in [-0.3, -0.25) is 0 Å². The molecule has 0 saturated carbocycles. The maximum absolute atomic E-state index is 14.2. The van der Waals surface area contributed by atoms with Crippen LogP contribution in [0.5, 0.6) is 11.5 Å². The van der Waals surface area contributed by atoms with E-state index in [1.807, 2.05) is 48.0 Å². The van der Waals surface area contributed by atoms with Crippen molar-refractivity contribution in [3.8, 4) is 22.6 Å². The number of thiophene rings is 1. The molecular formula is C32H28F17NO2S. The van der Waals surface area contributed by atoms with E-state index in [2.05, 4.69) is 5.32 Å². The highest BCUT2D eigenvalue weighted by molar-refractivity contribution is 7.08. The molecule has 0 bridgehead atoms. The Balaban J connectivity index is 1.61. The lowest BCUT2D eigenvalue weighted by atomic mass is 9.88. The molecule has 3 nitrogen and oxygen atoms in total. The van der Waals surface area contributed by atoms with Crippen molar-refractivity contribution < 1.29 is 84.1 Å². The monoisotopic (exact) mass is 813 g/mol. The number of hydrogen-bond acceptors (Lipinski definition) is 4. The lowest BCUT2D eigenvalue weighted by Crippen LogP contribution is -2.74. The standard InChI is InChI=1S/C32H28F17NO2S/c1-18(19-4-6-20(7-5-19)22-10-13-53-17-22)15-50-16-21-8-9-23(14-24(21)51-2)52-12-3-11-25(33,34)26(35,36)27(37,38)28(39,40)29(41,42)30(43,44)31(45,46)32(47,48)49/h4-10,13-14,17-18,50H,3,11-12,15-16H2,1-2H3. The van der Waals surface area contributed by atoms with Crippen LogP contribution in [0.2, 0.25) is 0 Å². The van der Waals surface area contributed by atoms with Gasteiger partial charge in [-0.25, -0.2) is 0 Å². The Bertz CT molecular complexity index is 1640. The highest BCUT2D eigenvalue weighted by Crippen LogP contribution is 2.64. The molecule has 0 aliphatic heterocycles. The molecule has 2 aromatic carbocycles. The SMILES string of the molecule is COc1cc(OCCCC(F)(F)C(F)(F)C(F)(F)C(F)(F)C(F)(F)C(F)(F)C(F)(F)C(F)(F)F)ccc1CNCC(C)c1ccc(-c2ccsc2)cc1. The average molecular weight is 814 g/mol. The van der Waals surface area contributed by atoms with E-state index in [0.717, 1.165) is 16.7 Å². The van der Waals surface area contributed by atoms with E-state index in [0.29, 0.717) is 12.1 Å². The number of methoxy groups -OCH3 is 1. The second-order valence-corrected chi connectivity index (χ2v) is 12.5. The Morgan fingerprint density at radius 3 is 1.72 bits per heavy atom. The average Bonchev–Trinajstić information content (AvgIpc) is 3.61. The lowest BCUT2D eigenvalue weighted by molar-refractivity contribution is -0.461.